The molecular formula is C11H19N3O3. The van der Waals surface area contributed by atoms with Crippen molar-refractivity contribution >= 4 is 11.9 Å². The standard InChI is InChI=1S/C11H19N3O3/c12-11(16)13-8-3-1-5-14(7-8)10(15)9-4-2-6-17-9/h8-9H,1-7H2,(H3,12,13,16)/t8-,9+/m1/s1. The van der Waals surface area contributed by atoms with Crippen LogP contribution in [0.3, 0.4) is 0 Å². The second-order valence-corrected chi connectivity index (χ2v) is 4.63. The van der Waals surface area contributed by atoms with Crippen LogP contribution in [-0.2, 0) is 9.53 Å². The third-order valence-electron chi connectivity index (χ3n) is 3.28. The number of hydrogen-bond donors (Lipinski definition) is 2. The molecule has 2 heterocycles. The molecule has 0 radical (unpaired) electrons. The van der Waals surface area contributed by atoms with Crippen LogP contribution in [0.15, 0.2) is 0 Å². The number of likely N-dealkylation sites (tertiary alicyclic amines) is 1. The first kappa shape index (κ1) is 12.2. The van der Waals surface area contributed by atoms with Gasteiger partial charge in [-0.15, -0.1) is 0 Å². The number of nitrogens with two attached hydrogens (primary N) is 1. The maximum absolute atomic E-state index is 12.1. The lowest BCUT2D eigenvalue weighted by molar-refractivity contribution is -0.142. The second kappa shape index (κ2) is 5.35. The molecule has 96 valence electrons. The Balaban J connectivity index is 1.87. The van der Waals surface area contributed by atoms with Crippen LogP contribution in [0.2, 0.25) is 0 Å². The Hall–Kier alpha value is -1.30. The van der Waals surface area contributed by atoms with Crippen LogP contribution < -0.4 is 11.1 Å². The van der Waals surface area contributed by atoms with Crippen molar-refractivity contribution in [3.05, 3.63) is 0 Å². The Morgan fingerprint density at radius 3 is 2.76 bits per heavy atom. The molecule has 2 aliphatic rings. The number of primary amides is 1. The number of nitrogens with one attached hydrogen (secondary N) is 1. The van der Waals surface area contributed by atoms with Crippen molar-refractivity contribution in [2.45, 2.75) is 37.8 Å². The molecule has 17 heavy (non-hydrogen) atoms. The minimum Gasteiger partial charge on any atom is -0.368 e. The van der Waals surface area contributed by atoms with E-state index in [1.807, 2.05) is 0 Å². The molecule has 0 bridgehead atoms. The predicted octanol–water partition coefficient (Wildman–Crippen LogP) is -0.175. The molecule has 0 aromatic heterocycles. The number of rotatable bonds is 2. The summed E-state index contributed by atoms with van der Waals surface area (Å²) in [5.74, 6) is 0.0541. The molecule has 0 aromatic rings. The molecule has 2 atom stereocenters. The summed E-state index contributed by atoms with van der Waals surface area (Å²) in [5.41, 5.74) is 5.09. The fourth-order valence-electron chi connectivity index (χ4n) is 2.47. The van der Waals surface area contributed by atoms with E-state index < -0.39 is 6.03 Å². The van der Waals surface area contributed by atoms with Crippen LogP contribution in [-0.4, -0.2) is 48.7 Å². The molecule has 0 aromatic carbocycles. The fourth-order valence-corrected chi connectivity index (χ4v) is 2.47. The maximum atomic E-state index is 12.1. The molecule has 0 unspecified atom stereocenters. The zero-order valence-electron chi connectivity index (χ0n) is 9.85. The largest absolute Gasteiger partial charge is 0.368 e. The molecule has 0 saturated carbocycles. The molecule has 2 aliphatic heterocycles. The van der Waals surface area contributed by atoms with Crippen molar-refractivity contribution in [3.8, 4) is 0 Å². The summed E-state index contributed by atoms with van der Waals surface area (Å²) >= 11 is 0. The van der Waals surface area contributed by atoms with Crippen LogP contribution in [0.4, 0.5) is 4.79 Å². The summed E-state index contributed by atoms with van der Waals surface area (Å²) in [6.07, 6.45) is 3.25. The summed E-state index contributed by atoms with van der Waals surface area (Å²) in [6, 6.07) is -0.548. The highest BCUT2D eigenvalue weighted by Gasteiger charge is 2.31. The van der Waals surface area contributed by atoms with Gasteiger partial charge in [0, 0.05) is 25.7 Å². The molecule has 0 aliphatic carbocycles. The van der Waals surface area contributed by atoms with Gasteiger partial charge in [-0.1, -0.05) is 0 Å². The van der Waals surface area contributed by atoms with Gasteiger partial charge in [-0.3, -0.25) is 4.79 Å². The SMILES string of the molecule is NC(=O)N[C@@H]1CCCN(C(=O)[C@@H]2CCCO2)C1. The lowest BCUT2D eigenvalue weighted by Gasteiger charge is -2.34. The molecule has 3 N–H and O–H groups in total. The first-order chi connectivity index (χ1) is 8.16. The van der Waals surface area contributed by atoms with E-state index in [0.717, 1.165) is 32.2 Å². The van der Waals surface area contributed by atoms with Gasteiger partial charge in [-0.25, -0.2) is 4.79 Å². The Morgan fingerprint density at radius 1 is 1.29 bits per heavy atom. The number of ether oxygens (including phenoxy) is 1. The van der Waals surface area contributed by atoms with Crippen molar-refractivity contribution in [3.63, 3.8) is 0 Å². The van der Waals surface area contributed by atoms with Crippen LogP contribution in [0.25, 0.3) is 0 Å². The van der Waals surface area contributed by atoms with E-state index in [1.54, 1.807) is 4.90 Å². The maximum Gasteiger partial charge on any atom is 0.312 e. The van der Waals surface area contributed by atoms with Gasteiger partial charge in [0.05, 0.1) is 0 Å². The normalized spacial score (nSPS) is 29.1. The van der Waals surface area contributed by atoms with E-state index in [-0.39, 0.29) is 18.1 Å². The van der Waals surface area contributed by atoms with Gasteiger partial charge < -0.3 is 20.7 Å². The quantitative estimate of drug-likeness (QED) is 0.703. The number of piperidine rings is 1. The lowest BCUT2D eigenvalue weighted by atomic mass is 10.0. The summed E-state index contributed by atoms with van der Waals surface area (Å²) in [6.45, 7) is 1.96. The fraction of sp³-hybridized carbons (Fsp3) is 0.818. The van der Waals surface area contributed by atoms with Crippen LogP contribution in [0.1, 0.15) is 25.7 Å². The van der Waals surface area contributed by atoms with Crippen molar-refractivity contribution in [2.24, 2.45) is 5.73 Å². The third kappa shape index (κ3) is 3.09. The van der Waals surface area contributed by atoms with Crippen LogP contribution in [0, 0.1) is 0 Å². The van der Waals surface area contributed by atoms with E-state index in [2.05, 4.69) is 5.32 Å². The Kier molecular flexibility index (Phi) is 3.83. The van der Waals surface area contributed by atoms with Crippen molar-refractivity contribution in [2.75, 3.05) is 19.7 Å². The van der Waals surface area contributed by atoms with E-state index >= 15 is 0 Å². The zero-order valence-corrected chi connectivity index (χ0v) is 9.85. The van der Waals surface area contributed by atoms with Crippen LogP contribution in [0.5, 0.6) is 0 Å². The summed E-state index contributed by atoms with van der Waals surface area (Å²) < 4.78 is 5.38. The van der Waals surface area contributed by atoms with Gasteiger partial charge in [0.2, 0.25) is 0 Å². The average Bonchev–Trinajstić information content (AvgIpc) is 2.81. The topological polar surface area (TPSA) is 84.7 Å². The Bertz CT molecular complexity index is 302. The molecule has 2 fully saturated rings. The van der Waals surface area contributed by atoms with E-state index in [9.17, 15) is 9.59 Å². The molecule has 0 spiro atoms. The average molecular weight is 241 g/mol. The lowest BCUT2D eigenvalue weighted by Crippen LogP contribution is -2.52. The van der Waals surface area contributed by atoms with Gasteiger partial charge >= 0.3 is 6.03 Å². The van der Waals surface area contributed by atoms with Crippen LogP contribution >= 0.6 is 0 Å². The molecule has 6 heteroatoms. The van der Waals surface area contributed by atoms with Gasteiger partial charge in [0.15, 0.2) is 0 Å². The first-order valence-electron chi connectivity index (χ1n) is 6.13. The highest BCUT2D eigenvalue weighted by atomic mass is 16.5. The number of nitrogens with zero attached hydrogens (tertiary/aromatic N) is 1. The van der Waals surface area contributed by atoms with E-state index in [0.29, 0.717) is 13.2 Å². The number of carbonyl (C=O) groups excluding carboxylic acids is 2. The van der Waals surface area contributed by atoms with Gasteiger partial charge in [-0.2, -0.15) is 0 Å². The van der Waals surface area contributed by atoms with Gasteiger partial charge in [-0.05, 0) is 25.7 Å². The van der Waals surface area contributed by atoms with E-state index in [4.69, 9.17) is 10.5 Å². The van der Waals surface area contributed by atoms with Gasteiger partial charge in [0.25, 0.3) is 5.91 Å². The Labute approximate surface area is 100 Å². The number of carbonyl (C=O) groups is 2. The molecule has 2 rings (SSSR count). The summed E-state index contributed by atoms with van der Waals surface area (Å²) in [7, 11) is 0. The summed E-state index contributed by atoms with van der Waals surface area (Å²) in [4.78, 5) is 24.6. The predicted molar refractivity (Wildman–Crippen MR) is 61.3 cm³/mol. The highest BCUT2D eigenvalue weighted by Crippen LogP contribution is 2.18. The minimum absolute atomic E-state index is 0.0217. The monoisotopic (exact) mass is 241 g/mol. The third-order valence-corrected chi connectivity index (χ3v) is 3.28. The first-order valence-corrected chi connectivity index (χ1v) is 6.13. The van der Waals surface area contributed by atoms with Crippen molar-refractivity contribution in [1.82, 2.24) is 10.2 Å². The molecule has 6 nitrogen and oxygen atoms in total. The minimum atomic E-state index is -0.526. The highest BCUT2D eigenvalue weighted by molar-refractivity contribution is 5.81. The van der Waals surface area contributed by atoms with Crippen molar-refractivity contribution < 1.29 is 14.3 Å². The number of hydrogen-bond acceptors (Lipinski definition) is 3. The van der Waals surface area contributed by atoms with Gasteiger partial charge in [0.1, 0.15) is 6.10 Å². The smallest absolute Gasteiger partial charge is 0.312 e. The second-order valence-electron chi connectivity index (χ2n) is 4.63. The molecule has 2 saturated heterocycles. The van der Waals surface area contributed by atoms with Crippen molar-refractivity contribution in [1.29, 1.82) is 0 Å². The van der Waals surface area contributed by atoms with E-state index in [1.165, 1.54) is 0 Å². The summed E-state index contributed by atoms with van der Waals surface area (Å²) in [5, 5.41) is 2.66. The Morgan fingerprint density at radius 2 is 2.12 bits per heavy atom. The number of amides is 3. The zero-order chi connectivity index (χ0) is 12.3. The molecular weight excluding hydrogens is 222 g/mol. The molecule has 3 amide bonds. The number of urea groups is 1.